The summed E-state index contributed by atoms with van der Waals surface area (Å²) >= 11 is 5.72. The van der Waals surface area contributed by atoms with Gasteiger partial charge in [-0.2, -0.15) is 0 Å². The highest BCUT2D eigenvalue weighted by Crippen LogP contribution is 2.17. The molecule has 1 rings (SSSR count). The molecule has 0 aliphatic heterocycles. The minimum Gasteiger partial charge on any atom is -0.314 e. The third kappa shape index (κ3) is 4.11. The summed E-state index contributed by atoms with van der Waals surface area (Å²) in [5.41, 5.74) is 0.740. The number of rotatable bonds is 6. The van der Waals surface area contributed by atoms with Gasteiger partial charge in [-0.25, -0.2) is 4.39 Å². The fourth-order valence-electron chi connectivity index (χ4n) is 1.87. The minimum absolute atomic E-state index is 0.202. The van der Waals surface area contributed by atoms with Crippen molar-refractivity contribution in [2.45, 2.75) is 39.2 Å². The molecule has 0 aliphatic rings. The second-order valence-electron chi connectivity index (χ2n) is 3.98. The third-order valence-corrected chi connectivity index (χ3v) is 2.85. The van der Waals surface area contributed by atoms with E-state index in [4.69, 9.17) is 11.6 Å². The highest BCUT2D eigenvalue weighted by atomic mass is 35.5. The first-order valence-electron chi connectivity index (χ1n) is 5.84. The smallest absolute Gasteiger partial charge is 0.127 e. The Morgan fingerprint density at radius 1 is 1.38 bits per heavy atom. The quantitative estimate of drug-likeness (QED) is 0.802. The van der Waals surface area contributed by atoms with Gasteiger partial charge in [0.05, 0.1) is 0 Å². The van der Waals surface area contributed by atoms with Crippen molar-refractivity contribution in [3.05, 3.63) is 34.6 Å². The predicted octanol–water partition coefficient (Wildman–Crippen LogP) is 3.80. The minimum atomic E-state index is -0.202. The Balaban J connectivity index is 2.68. The molecule has 0 saturated heterocycles. The second-order valence-corrected chi connectivity index (χ2v) is 4.42. The molecule has 1 N–H and O–H groups in total. The molecule has 0 fully saturated rings. The molecule has 0 radical (unpaired) electrons. The van der Waals surface area contributed by atoms with E-state index in [9.17, 15) is 4.39 Å². The van der Waals surface area contributed by atoms with Crippen LogP contribution < -0.4 is 5.32 Å². The maximum Gasteiger partial charge on any atom is 0.127 e. The van der Waals surface area contributed by atoms with Crippen molar-refractivity contribution in [2.24, 2.45) is 0 Å². The van der Waals surface area contributed by atoms with Crippen LogP contribution in [0.3, 0.4) is 0 Å². The Bertz CT molecular complexity index is 322. The van der Waals surface area contributed by atoms with Crippen molar-refractivity contribution in [1.29, 1.82) is 0 Å². The van der Waals surface area contributed by atoms with Crippen LogP contribution in [0.25, 0.3) is 0 Å². The van der Waals surface area contributed by atoms with Gasteiger partial charge in [-0.3, -0.25) is 0 Å². The average molecular weight is 244 g/mol. The van der Waals surface area contributed by atoms with Gasteiger partial charge in [0.25, 0.3) is 0 Å². The highest BCUT2D eigenvalue weighted by Gasteiger charge is 2.10. The van der Waals surface area contributed by atoms with Crippen LogP contribution in [0.2, 0.25) is 5.02 Å². The molecule has 0 bridgehead atoms. The molecule has 90 valence electrons. The van der Waals surface area contributed by atoms with Crippen LogP contribution in [-0.4, -0.2) is 12.6 Å². The van der Waals surface area contributed by atoms with Crippen LogP contribution in [0, 0.1) is 5.82 Å². The van der Waals surface area contributed by atoms with E-state index in [0.29, 0.717) is 11.1 Å². The maximum absolute atomic E-state index is 13.6. The fraction of sp³-hybridized carbons (Fsp3) is 0.538. The molecular formula is C13H19ClFN. The molecule has 3 heteroatoms. The Labute approximate surface area is 102 Å². The zero-order chi connectivity index (χ0) is 12.0. The molecule has 0 amide bonds. The molecule has 0 heterocycles. The second kappa shape index (κ2) is 6.87. The molecule has 1 unspecified atom stereocenters. The monoisotopic (exact) mass is 243 g/mol. The van der Waals surface area contributed by atoms with Crippen molar-refractivity contribution in [3.63, 3.8) is 0 Å². The van der Waals surface area contributed by atoms with E-state index < -0.39 is 0 Å². The van der Waals surface area contributed by atoms with Gasteiger partial charge in [-0.05, 0) is 37.1 Å². The lowest BCUT2D eigenvalue weighted by Crippen LogP contribution is -2.31. The molecule has 16 heavy (non-hydrogen) atoms. The van der Waals surface area contributed by atoms with Crippen LogP contribution in [-0.2, 0) is 6.42 Å². The summed E-state index contributed by atoms with van der Waals surface area (Å²) in [5, 5.41) is 3.83. The van der Waals surface area contributed by atoms with Crippen LogP contribution in [0.15, 0.2) is 18.2 Å². The Hall–Kier alpha value is -0.600. The number of hydrogen-bond donors (Lipinski definition) is 1. The van der Waals surface area contributed by atoms with E-state index >= 15 is 0 Å². The van der Waals surface area contributed by atoms with Gasteiger partial charge in [0.2, 0.25) is 0 Å². The number of benzene rings is 1. The average Bonchev–Trinajstić information content (AvgIpc) is 2.23. The highest BCUT2D eigenvalue weighted by molar-refractivity contribution is 6.30. The summed E-state index contributed by atoms with van der Waals surface area (Å²) in [6.07, 6.45) is 2.90. The molecule has 1 aromatic carbocycles. The van der Waals surface area contributed by atoms with Crippen molar-refractivity contribution in [2.75, 3.05) is 6.54 Å². The van der Waals surface area contributed by atoms with Gasteiger partial charge >= 0.3 is 0 Å². The van der Waals surface area contributed by atoms with Crippen molar-refractivity contribution in [3.8, 4) is 0 Å². The first-order chi connectivity index (χ1) is 7.67. The van der Waals surface area contributed by atoms with E-state index in [1.807, 2.05) is 0 Å². The van der Waals surface area contributed by atoms with Crippen LogP contribution in [0.1, 0.15) is 32.3 Å². The fourth-order valence-corrected chi connectivity index (χ4v) is 2.02. The number of hydrogen-bond acceptors (Lipinski definition) is 1. The SMILES string of the molecule is CCCC(Cc1ccc(Cl)cc1F)NCC. The van der Waals surface area contributed by atoms with Crippen molar-refractivity contribution in [1.82, 2.24) is 5.32 Å². The molecule has 1 nitrogen and oxygen atoms in total. The molecule has 1 aromatic rings. The van der Waals surface area contributed by atoms with Gasteiger partial charge < -0.3 is 5.32 Å². The normalized spacial score (nSPS) is 12.8. The maximum atomic E-state index is 13.6. The predicted molar refractivity (Wildman–Crippen MR) is 67.5 cm³/mol. The van der Waals surface area contributed by atoms with Gasteiger partial charge in [-0.1, -0.05) is 37.9 Å². The number of halogens is 2. The lowest BCUT2D eigenvalue weighted by atomic mass is 10.0. The summed E-state index contributed by atoms with van der Waals surface area (Å²) in [6, 6.07) is 5.25. The first kappa shape index (κ1) is 13.5. The Kier molecular flexibility index (Phi) is 5.78. The van der Waals surface area contributed by atoms with Crippen LogP contribution in [0.5, 0.6) is 0 Å². The summed E-state index contributed by atoms with van der Waals surface area (Å²) in [5.74, 6) is -0.202. The van der Waals surface area contributed by atoms with E-state index in [1.54, 1.807) is 12.1 Å². The molecule has 0 aromatic heterocycles. The summed E-state index contributed by atoms with van der Waals surface area (Å²) in [7, 11) is 0. The van der Waals surface area contributed by atoms with Crippen LogP contribution >= 0.6 is 11.6 Å². The Morgan fingerprint density at radius 3 is 2.69 bits per heavy atom. The topological polar surface area (TPSA) is 12.0 Å². The van der Waals surface area contributed by atoms with Crippen LogP contribution in [0.4, 0.5) is 4.39 Å². The molecular weight excluding hydrogens is 225 g/mol. The van der Waals surface area contributed by atoms with Gasteiger partial charge in [0, 0.05) is 11.1 Å². The molecule has 0 saturated carbocycles. The third-order valence-electron chi connectivity index (χ3n) is 2.61. The molecule has 0 aliphatic carbocycles. The van der Waals surface area contributed by atoms with Gasteiger partial charge in [-0.15, -0.1) is 0 Å². The number of nitrogens with one attached hydrogen (secondary N) is 1. The Morgan fingerprint density at radius 2 is 2.12 bits per heavy atom. The van der Waals surface area contributed by atoms with Crippen molar-refractivity contribution >= 4 is 11.6 Å². The standard InChI is InChI=1S/C13H19ClFN/c1-3-5-12(16-4-2)8-10-6-7-11(14)9-13(10)15/h6-7,9,12,16H,3-5,8H2,1-2H3. The van der Waals surface area contributed by atoms with Gasteiger partial charge in [0.1, 0.15) is 5.82 Å². The zero-order valence-corrected chi connectivity index (χ0v) is 10.6. The van der Waals surface area contributed by atoms with E-state index in [2.05, 4.69) is 19.2 Å². The molecule has 1 atom stereocenters. The summed E-state index contributed by atoms with van der Waals surface area (Å²) < 4.78 is 13.6. The largest absolute Gasteiger partial charge is 0.314 e. The first-order valence-corrected chi connectivity index (χ1v) is 6.22. The molecule has 0 spiro atoms. The lowest BCUT2D eigenvalue weighted by Gasteiger charge is -2.17. The summed E-state index contributed by atoms with van der Waals surface area (Å²) in [4.78, 5) is 0. The van der Waals surface area contributed by atoms with E-state index in [0.717, 1.165) is 31.4 Å². The van der Waals surface area contributed by atoms with E-state index in [1.165, 1.54) is 6.07 Å². The summed E-state index contributed by atoms with van der Waals surface area (Å²) in [6.45, 7) is 5.13. The lowest BCUT2D eigenvalue weighted by molar-refractivity contribution is 0.475. The zero-order valence-electron chi connectivity index (χ0n) is 9.89. The van der Waals surface area contributed by atoms with Crippen molar-refractivity contribution < 1.29 is 4.39 Å². The van der Waals surface area contributed by atoms with Gasteiger partial charge in [0.15, 0.2) is 0 Å². The number of likely N-dealkylation sites (N-methyl/N-ethyl adjacent to an activating group) is 1. The van der Waals surface area contributed by atoms with E-state index in [-0.39, 0.29) is 5.82 Å².